The monoisotopic (exact) mass is 309 g/mol. The first kappa shape index (κ1) is 15.7. The van der Waals surface area contributed by atoms with Crippen LogP contribution in [0.5, 0.6) is 0 Å². The number of rotatable bonds is 6. The van der Waals surface area contributed by atoms with Gasteiger partial charge in [-0.2, -0.15) is 0 Å². The Morgan fingerprint density at radius 2 is 2.11 bits per heavy atom. The molecular weight excluding hydrogens is 297 g/mol. The normalized spacial score (nSPS) is 11.3. The van der Waals surface area contributed by atoms with E-state index in [-0.39, 0.29) is 29.4 Å². The molecule has 1 N–H and O–H groups in total. The lowest BCUT2D eigenvalue weighted by Crippen LogP contribution is -2.34. The minimum absolute atomic E-state index is 0.148. The van der Waals surface area contributed by atoms with Crippen molar-refractivity contribution < 1.29 is 22.7 Å². The van der Waals surface area contributed by atoms with Crippen molar-refractivity contribution in [2.45, 2.75) is 13.3 Å². The third-order valence-electron chi connectivity index (χ3n) is 2.42. The van der Waals surface area contributed by atoms with E-state index in [1.807, 2.05) is 0 Å². The zero-order chi connectivity index (χ0) is 14.6. The minimum atomic E-state index is -3.65. The highest BCUT2D eigenvalue weighted by atomic mass is 35.5. The van der Waals surface area contributed by atoms with Crippen molar-refractivity contribution in [3.8, 4) is 0 Å². The maximum Gasteiger partial charge on any atom is 0.305 e. The van der Waals surface area contributed by atoms with Crippen LogP contribution in [0.3, 0.4) is 0 Å². The Morgan fingerprint density at radius 1 is 1.47 bits per heavy atom. The van der Waals surface area contributed by atoms with E-state index in [4.69, 9.17) is 16.7 Å². The summed E-state index contributed by atoms with van der Waals surface area (Å²) in [5, 5.41) is 8.42. The molecule has 8 heteroatoms. The average molecular weight is 310 g/mol. The van der Waals surface area contributed by atoms with Crippen LogP contribution in [-0.4, -0.2) is 31.8 Å². The predicted molar refractivity (Wildman–Crippen MR) is 70.5 cm³/mol. The molecule has 0 saturated carbocycles. The predicted octanol–water partition coefficient (Wildman–Crippen LogP) is 2.11. The first-order valence-electron chi connectivity index (χ1n) is 5.45. The Balaban J connectivity index is 3.15. The van der Waals surface area contributed by atoms with Crippen molar-refractivity contribution in [2.24, 2.45) is 0 Å². The van der Waals surface area contributed by atoms with E-state index in [9.17, 15) is 17.6 Å². The number of carboxylic acids is 1. The van der Waals surface area contributed by atoms with Crippen LogP contribution in [0.4, 0.5) is 10.1 Å². The van der Waals surface area contributed by atoms with Gasteiger partial charge in [-0.05, 0) is 25.1 Å². The van der Waals surface area contributed by atoms with Crippen molar-refractivity contribution >= 4 is 33.3 Å². The molecule has 0 radical (unpaired) electrons. The van der Waals surface area contributed by atoms with Crippen LogP contribution >= 0.6 is 11.6 Å². The van der Waals surface area contributed by atoms with Gasteiger partial charge >= 0.3 is 5.97 Å². The number of hydrogen-bond donors (Lipinski definition) is 1. The van der Waals surface area contributed by atoms with Gasteiger partial charge in [-0.1, -0.05) is 11.6 Å². The first-order chi connectivity index (χ1) is 8.77. The standard InChI is InChI=1S/C11H13ClFNO4S/c1-2-19(17,18)14(6-5-11(15)16)8-3-4-10(13)9(12)7-8/h3-4,7H,2,5-6H2,1H3,(H,15,16). The number of halogens is 2. The van der Waals surface area contributed by atoms with Crippen molar-refractivity contribution in [2.75, 3.05) is 16.6 Å². The Labute approximate surface area is 115 Å². The number of aliphatic carboxylic acids is 1. The fourth-order valence-electron chi connectivity index (χ4n) is 1.42. The van der Waals surface area contributed by atoms with E-state index in [1.165, 1.54) is 13.0 Å². The van der Waals surface area contributed by atoms with Gasteiger partial charge < -0.3 is 5.11 Å². The van der Waals surface area contributed by atoms with Gasteiger partial charge in [0.15, 0.2) is 0 Å². The van der Waals surface area contributed by atoms with Gasteiger partial charge in [0, 0.05) is 6.54 Å². The Bertz CT molecular complexity index is 576. The number of benzene rings is 1. The summed E-state index contributed by atoms with van der Waals surface area (Å²) >= 11 is 5.60. The number of hydrogen-bond acceptors (Lipinski definition) is 3. The molecule has 0 atom stereocenters. The lowest BCUT2D eigenvalue weighted by atomic mass is 10.3. The molecule has 0 aliphatic carbocycles. The molecule has 1 rings (SSSR count). The fourth-order valence-corrected chi connectivity index (χ4v) is 2.71. The zero-order valence-electron chi connectivity index (χ0n) is 10.1. The third kappa shape index (κ3) is 4.07. The summed E-state index contributed by atoms with van der Waals surface area (Å²) < 4.78 is 37.8. The summed E-state index contributed by atoms with van der Waals surface area (Å²) in [4.78, 5) is 10.6. The molecule has 19 heavy (non-hydrogen) atoms. The van der Waals surface area contributed by atoms with E-state index >= 15 is 0 Å². The Kier molecular flexibility index (Phi) is 5.13. The van der Waals surface area contributed by atoms with E-state index in [0.717, 1.165) is 16.4 Å². The van der Waals surface area contributed by atoms with Gasteiger partial charge in [-0.15, -0.1) is 0 Å². The molecule has 0 saturated heterocycles. The van der Waals surface area contributed by atoms with Crippen molar-refractivity contribution in [3.05, 3.63) is 29.0 Å². The van der Waals surface area contributed by atoms with Gasteiger partial charge in [-0.3, -0.25) is 9.10 Å². The lowest BCUT2D eigenvalue weighted by molar-refractivity contribution is -0.136. The van der Waals surface area contributed by atoms with Crippen LogP contribution in [0.2, 0.25) is 5.02 Å². The van der Waals surface area contributed by atoms with Crippen LogP contribution in [0.15, 0.2) is 18.2 Å². The summed E-state index contributed by atoms with van der Waals surface area (Å²) in [7, 11) is -3.65. The number of carbonyl (C=O) groups is 1. The van der Waals surface area contributed by atoms with Gasteiger partial charge in [0.05, 0.1) is 22.9 Å². The molecule has 0 heterocycles. The molecular formula is C11H13ClFNO4S. The van der Waals surface area contributed by atoms with E-state index in [1.54, 1.807) is 0 Å². The quantitative estimate of drug-likeness (QED) is 0.873. The summed E-state index contributed by atoms with van der Waals surface area (Å²) in [5.74, 6) is -1.98. The smallest absolute Gasteiger partial charge is 0.305 e. The molecule has 0 spiro atoms. The van der Waals surface area contributed by atoms with E-state index in [2.05, 4.69) is 0 Å². The van der Waals surface area contributed by atoms with Gasteiger partial charge in [-0.25, -0.2) is 12.8 Å². The molecule has 0 aromatic heterocycles. The van der Waals surface area contributed by atoms with Crippen LogP contribution in [0.1, 0.15) is 13.3 Å². The van der Waals surface area contributed by atoms with Crippen molar-refractivity contribution in [3.63, 3.8) is 0 Å². The summed E-state index contributed by atoms with van der Waals surface area (Å²) in [5.41, 5.74) is 0.148. The van der Waals surface area contributed by atoms with Crippen molar-refractivity contribution in [1.29, 1.82) is 0 Å². The second-order valence-corrected chi connectivity index (χ2v) is 6.30. The zero-order valence-corrected chi connectivity index (χ0v) is 11.7. The van der Waals surface area contributed by atoms with Gasteiger partial charge in [0.25, 0.3) is 0 Å². The molecule has 0 bridgehead atoms. The number of nitrogens with zero attached hydrogens (tertiary/aromatic N) is 1. The second-order valence-electron chi connectivity index (χ2n) is 3.71. The summed E-state index contributed by atoms with van der Waals surface area (Å²) in [6.07, 6.45) is -0.353. The van der Waals surface area contributed by atoms with Crippen LogP contribution in [0.25, 0.3) is 0 Å². The SMILES string of the molecule is CCS(=O)(=O)N(CCC(=O)O)c1ccc(F)c(Cl)c1. The fraction of sp³-hybridized carbons (Fsp3) is 0.364. The molecule has 106 valence electrons. The Morgan fingerprint density at radius 3 is 2.58 bits per heavy atom. The molecule has 0 aliphatic heterocycles. The molecule has 1 aromatic rings. The number of sulfonamides is 1. The summed E-state index contributed by atoms with van der Waals surface area (Å²) in [6.45, 7) is 1.21. The third-order valence-corrected chi connectivity index (χ3v) is 4.50. The molecule has 0 fully saturated rings. The highest BCUT2D eigenvalue weighted by Gasteiger charge is 2.22. The average Bonchev–Trinajstić information content (AvgIpc) is 2.33. The summed E-state index contributed by atoms with van der Waals surface area (Å²) in [6, 6.07) is 3.44. The molecule has 5 nitrogen and oxygen atoms in total. The van der Waals surface area contributed by atoms with E-state index < -0.39 is 21.8 Å². The Hall–Kier alpha value is -1.34. The molecule has 0 amide bonds. The maximum absolute atomic E-state index is 13.1. The maximum atomic E-state index is 13.1. The second kappa shape index (κ2) is 6.21. The largest absolute Gasteiger partial charge is 0.481 e. The minimum Gasteiger partial charge on any atom is -0.481 e. The highest BCUT2D eigenvalue weighted by Crippen LogP contribution is 2.25. The van der Waals surface area contributed by atoms with E-state index in [0.29, 0.717) is 0 Å². The number of anilines is 1. The van der Waals surface area contributed by atoms with Gasteiger partial charge in [0.2, 0.25) is 10.0 Å². The lowest BCUT2D eigenvalue weighted by Gasteiger charge is -2.23. The van der Waals surface area contributed by atoms with Crippen LogP contribution in [0, 0.1) is 5.82 Å². The van der Waals surface area contributed by atoms with Gasteiger partial charge in [0.1, 0.15) is 5.82 Å². The van der Waals surface area contributed by atoms with Crippen LogP contribution < -0.4 is 4.31 Å². The highest BCUT2D eigenvalue weighted by molar-refractivity contribution is 7.92. The molecule has 0 unspecified atom stereocenters. The van der Waals surface area contributed by atoms with Crippen molar-refractivity contribution in [1.82, 2.24) is 0 Å². The topological polar surface area (TPSA) is 74.7 Å². The molecule has 1 aromatic carbocycles. The van der Waals surface area contributed by atoms with Crippen LogP contribution in [-0.2, 0) is 14.8 Å². The first-order valence-corrected chi connectivity index (χ1v) is 7.44. The number of carboxylic acid groups (broad SMARTS) is 1. The molecule has 0 aliphatic rings.